The summed E-state index contributed by atoms with van der Waals surface area (Å²) in [7, 11) is 0. The molecule has 5 nitrogen and oxygen atoms in total. The minimum Gasteiger partial charge on any atom is -0.268 e. The number of benzene rings is 1. The van der Waals surface area contributed by atoms with Crippen LogP contribution in [0.5, 0.6) is 0 Å². The lowest BCUT2D eigenvalue weighted by atomic mass is 9.69. The maximum atomic E-state index is 13.8. The minimum absolute atomic E-state index is 0.0165. The molecule has 1 aromatic carbocycles. The number of rotatable bonds is 5. The highest BCUT2D eigenvalue weighted by Crippen LogP contribution is 2.42. The molecule has 0 spiro atoms. The third kappa shape index (κ3) is 2.82. The third-order valence-electron chi connectivity index (χ3n) is 5.62. The van der Waals surface area contributed by atoms with Gasteiger partial charge in [-0.15, -0.1) is 5.10 Å². The van der Waals surface area contributed by atoms with Crippen LogP contribution in [0.1, 0.15) is 45.2 Å². The fraction of sp³-hybridized carbons (Fsp3) is 0.409. The van der Waals surface area contributed by atoms with Crippen molar-refractivity contribution in [2.45, 2.75) is 57.7 Å². The highest BCUT2D eigenvalue weighted by molar-refractivity contribution is 7.99. The van der Waals surface area contributed by atoms with E-state index in [4.69, 9.17) is 10.1 Å². The van der Waals surface area contributed by atoms with Crippen molar-refractivity contribution in [2.24, 2.45) is 0 Å². The van der Waals surface area contributed by atoms with Crippen molar-refractivity contribution in [3.63, 3.8) is 0 Å². The van der Waals surface area contributed by atoms with Crippen molar-refractivity contribution in [2.75, 3.05) is 5.75 Å². The molecule has 1 aliphatic rings. The highest BCUT2D eigenvalue weighted by atomic mass is 32.2. The van der Waals surface area contributed by atoms with E-state index in [1.165, 1.54) is 5.56 Å². The van der Waals surface area contributed by atoms with Crippen molar-refractivity contribution in [1.29, 1.82) is 0 Å². The Kier molecular flexibility index (Phi) is 4.70. The Bertz CT molecular complexity index is 1140. The number of allylic oxidation sites excluding steroid dienone is 1. The number of hydrogen-bond donors (Lipinski definition) is 0. The van der Waals surface area contributed by atoms with E-state index < -0.39 is 0 Å². The summed E-state index contributed by atoms with van der Waals surface area (Å²) in [6, 6.07) is 8.31. The summed E-state index contributed by atoms with van der Waals surface area (Å²) in [5.74, 6) is 1.44. The van der Waals surface area contributed by atoms with Gasteiger partial charge in [0.25, 0.3) is 5.56 Å². The zero-order valence-electron chi connectivity index (χ0n) is 17.0. The summed E-state index contributed by atoms with van der Waals surface area (Å²) in [6.45, 7) is 12.9. The zero-order valence-corrected chi connectivity index (χ0v) is 17.8. The number of nitrogens with zero attached hydrogens (tertiary/aromatic N) is 4. The second-order valence-electron chi connectivity index (χ2n) is 7.85. The van der Waals surface area contributed by atoms with Gasteiger partial charge in [-0.3, -0.25) is 4.79 Å². The van der Waals surface area contributed by atoms with Gasteiger partial charge in [0, 0.05) is 11.0 Å². The van der Waals surface area contributed by atoms with Crippen LogP contribution in [0.15, 0.2) is 46.4 Å². The van der Waals surface area contributed by atoms with E-state index in [1.807, 2.05) is 17.7 Å². The summed E-state index contributed by atoms with van der Waals surface area (Å²) in [6.07, 6.45) is 1.74. The first-order valence-electron chi connectivity index (χ1n) is 9.79. The van der Waals surface area contributed by atoms with Gasteiger partial charge >= 0.3 is 0 Å². The standard InChI is InChI=1S/C22H26N4OS/c1-6-22(5)12-15-10-8-9-11-16(15)18-17(22)19(27)26-20(23-18)25(13-14(3)4)24-21(26)28-7-2/h8-11H,3,6-7,12-13H2,1-2,4-5H3/t22-/m0/s1. The second kappa shape index (κ2) is 6.92. The van der Waals surface area contributed by atoms with E-state index in [0.717, 1.165) is 41.0 Å². The molecule has 6 heteroatoms. The van der Waals surface area contributed by atoms with Gasteiger partial charge in [-0.1, -0.05) is 69.0 Å². The first kappa shape index (κ1) is 19.0. The lowest BCUT2D eigenvalue weighted by molar-refractivity contribution is 0.439. The highest BCUT2D eigenvalue weighted by Gasteiger charge is 2.38. The molecule has 4 rings (SSSR count). The Morgan fingerprint density at radius 2 is 2.07 bits per heavy atom. The Balaban J connectivity index is 2.12. The van der Waals surface area contributed by atoms with Crippen molar-refractivity contribution >= 4 is 17.5 Å². The Morgan fingerprint density at radius 1 is 1.32 bits per heavy atom. The molecular formula is C22H26N4OS. The van der Waals surface area contributed by atoms with E-state index in [1.54, 1.807) is 16.2 Å². The fourth-order valence-corrected chi connectivity index (χ4v) is 4.80. The predicted octanol–water partition coefficient (Wildman–Crippen LogP) is 4.47. The number of fused-ring (bicyclic) bond motifs is 4. The predicted molar refractivity (Wildman–Crippen MR) is 115 cm³/mol. The average molecular weight is 395 g/mol. The smallest absolute Gasteiger partial charge is 0.265 e. The number of aromatic nitrogens is 4. The summed E-state index contributed by atoms with van der Waals surface area (Å²) in [5.41, 5.74) is 4.71. The largest absolute Gasteiger partial charge is 0.268 e. The molecule has 1 atom stereocenters. The van der Waals surface area contributed by atoms with Crippen LogP contribution < -0.4 is 5.56 Å². The van der Waals surface area contributed by atoms with Gasteiger partial charge in [-0.2, -0.15) is 0 Å². The number of thioether (sulfide) groups is 1. The fourth-order valence-electron chi connectivity index (χ4n) is 4.09. The summed E-state index contributed by atoms with van der Waals surface area (Å²) in [4.78, 5) is 18.8. The molecule has 0 fully saturated rings. The maximum Gasteiger partial charge on any atom is 0.265 e. The molecule has 2 heterocycles. The SMILES string of the molecule is C=C(C)Cn1nc(SCC)n2c(=O)c3c(nc12)-c1ccccc1C[C@]3(C)CC. The molecule has 0 radical (unpaired) electrons. The van der Waals surface area contributed by atoms with E-state index >= 15 is 0 Å². The van der Waals surface area contributed by atoms with Crippen LogP contribution in [0.2, 0.25) is 0 Å². The number of hydrogen-bond acceptors (Lipinski definition) is 4. The van der Waals surface area contributed by atoms with Crippen LogP contribution >= 0.6 is 11.8 Å². The summed E-state index contributed by atoms with van der Waals surface area (Å²) in [5, 5.41) is 5.41. The molecule has 2 aromatic heterocycles. The molecule has 28 heavy (non-hydrogen) atoms. The normalized spacial score (nSPS) is 18.1. The lowest BCUT2D eigenvalue weighted by Crippen LogP contribution is -2.37. The Hall–Kier alpha value is -2.34. The molecule has 146 valence electrons. The first-order chi connectivity index (χ1) is 13.4. The molecule has 3 aromatic rings. The van der Waals surface area contributed by atoms with Gasteiger partial charge in [0.1, 0.15) is 0 Å². The van der Waals surface area contributed by atoms with Gasteiger partial charge in [-0.05, 0) is 31.1 Å². The van der Waals surface area contributed by atoms with Gasteiger partial charge < -0.3 is 0 Å². The van der Waals surface area contributed by atoms with E-state index in [9.17, 15) is 4.79 Å². The minimum atomic E-state index is -0.237. The lowest BCUT2D eigenvalue weighted by Gasteiger charge is -2.35. The molecule has 1 aliphatic carbocycles. The molecule has 0 N–H and O–H groups in total. The maximum absolute atomic E-state index is 13.8. The van der Waals surface area contributed by atoms with Gasteiger partial charge in [-0.25, -0.2) is 14.1 Å². The van der Waals surface area contributed by atoms with E-state index in [2.05, 4.69) is 45.5 Å². The van der Waals surface area contributed by atoms with Crippen molar-refractivity contribution in [3.8, 4) is 11.3 Å². The summed E-state index contributed by atoms with van der Waals surface area (Å²) >= 11 is 1.57. The molecule has 0 bridgehead atoms. The van der Waals surface area contributed by atoms with Crippen molar-refractivity contribution < 1.29 is 0 Å². The van der Waals surface area contributed by atoms with Gasteiger partial charge in [0.2, 0.25) is 5.78 Å². The van der Waals surface area contributed by atoms with Gasteiger partial charge in [0.05, 0.1) is 17.8 Å². The van der Waals surface area contributed by atoms with Crippen molar-refractivity contribution in [3.05, 3.63) is 57.9 Å². The molecular weight excluding hydrogens is 368 g/mol. The first-order valence-corrected chi connectivity index (χ1v) is 10.8. The van der Waals surface area contributed by atoms with Crippen LogP contribution in [0.3, 0.4) is 0 Å². The Morgan fingerprint density at radius 3 is 2.75 bits per heavy atom. The third-order valence-corrected chi connectivity index (χ3v) is 6.44. The quantitative estimate of drug-likeness (QED) is 0.473. The van der Waals surface area contributed by atoms with E-state index in [0.29, 0.717) is 17.5 Å². The average Bonchev–Trinajstić information content (AvgIpc) is 2.99. The van der Waals surface area contributed by atoms with E-state index in [-0.39, 0.29) is 11.0 Å². The topological polar surface area (TPSA) is 52.2 Å². The Labute approximate surface area is 169 Å². The van der Waals surface area contributed by atoms with Crippen LogP contribution in [0.25, 0.3) is 17.0 Å². The van der Waals surface area contributed by atoms with Crippen LogP contribution in [-0.4, -0.2) is 24.9 Å². The van der Waals surface area contributed by atoms with Crippen LogP contribution in [0, 0.1) is 0 Å². The van der Waals surface area contributed by atoms with Crippen LogP contribution in [0.4, 0.5) is 0 Å². The molecule has 0 saturated heterocycles. The molecule has 0 aliphatic heterocycles. The van der Waals surface area contributed by atoms with Crippen molar-refractivity contribution in [1.82, 2.24) is 19.2 Å². The van der Waals surface area contributed by atoms with Crippen LogP contribution in [-0.2, 0) is 18.4 Å². The molecule has 0 unspecified atom stereocenters. The summed E-state index contributed by atoms with van der Waals surface area (Å²) < 4.78 is 3.51. The van der Waals surface area contributed by atoms with Gasteiger partial charge in [0.15, 0.2) is 5.16 Å². The second-order valence-corrected chi connectivity index (χ2v) is 9.09. The molecule has 0 saturated carbocycles. The zero-order chi connectivity index (χ0) is 20.1. The monoisotopic (exact) mass is 394 g/mol. The molecule has 0 amide bonds.